The second-order valence-corrected chi connectivity index (χ2v) is 10.8. The molecule has 0 aliphatic heterocycles. The molecule has 0 bridgehead atoms. The van der Waals surface area contributed by atoms with Gasteiger partial charge in [-0.3, -0.25) is 9.59 Å². The Balaban J connectivity index is 1.57. The number of thioether (sulfide) groups is 1. The highest BCUT2D eigenvalue weighted by Crippen LogP contribution is 2.22. The number of nitrogens with zero attached hydrogens (tertiary/aromatic N) is 1. The molecule has 37 heavy (non-hydrogen) atoms. The van der Waals surface area contributed by atoms with E-state index in [1.807, 2.05) is 55.5 Å². The van der Waals surface area contributed by atoms with Crippen LogP contribution in [0.2, 0.25) is 0 Å². The van der Waals surface area contributed by atoms with Crippen LogP contribution in [0, 0.1) is 12.7 Å². The van der Waals surface area contributed by atoms with Gasteiger partial charge in [-0.05, 0) is 42.5 Å². The molecule has 3 aromatic carbocycles. The number of nitrogens with one attached hydrogen (secondary N) is 1. The van der Waals surface area contributed by atoms with E-state index < -0.39 is 6.04 Å². The van der Waals surface area contributed by atoms with Crippen LogP contribution in [-0.4, -0.2) is 34.6 Å². The van der Waals surface area contributed by atoms with Crippen LogP contribution in [0.25, 0.3) is 0 Å². The molecule has 1 N–H and O–H groups in total. The lowest BCUT2D eigenvalue weighted by Crippen LogP contribution is -2.52. The summed E-state index contributed by atoms with van der Waals surface area (Å²) in [7, 11) is 0. The Hall–Kier alpha value is -3.12. The molecular formula is C31H35FN2O2S. The lowest BCUT2D eigenvalue weighted by Gasteiger charge is -2.32. The first-order valence-corrected chi connectivity index (χ1v) is 14.2. The molecule has 0 heterocycles. The first kappa shape index (κ1) is 26.9. The topological polar surface area (TPSA) is 49.4 Å². The monoisotopic (exact) mass is 518 g/mol. The Morgan fingerprint density at radius 1 is 0.973 bits per heavy atom. The minimum atomic E-state index is -0.634. The van der Waals surface area contributed by atoms with Gasteiger partial charge in [0.25, 0.3) is 0 Å². The van der Waals surface area contributed by atoms with Crippen molar-refractivity contribution in [2.45, 2.75) is 63.4 Å². The summed E-state index contributed by atoms with van der Waals surface area (Å²) in [6, 6.07) is 24.1. The smallest absolute Gasteiger partial charge is 0.243 e. The van der Waals surface area contributed by atoms with Crippen LogP contribution in [0.15, 0.2) is 78.9 Å². The summed E-state index contributed by atoms with van der Waals surface area (Å²) in [6.07, 6.45) is 4.64. The van der Waals surface area contributed by atoms with E-state index in [1.165, 1.54) is 17.8 Å². The van der Waals surface area contributed by atoms with Crippen molar-refractivity contribution in [3.8, 4) is 0 Å². The van der Waals surface area contributed by atoms with Crippen LogP contribution < -0.4 is 5.32 Å². The van der Waals surface area contributed by atoms with Gasteiger partial charge in [0, 0.05) is 24.8 Å². The maximum absolute atomic E-state index is 14.1. The number of amides is 2. The highest BCUT2D eigenvalue weighted by atomic mass is 32.2. The Labute approximate surface area is 223 Å². The van der Waals surface area contributed by atoms with Crippen molar-refractivity contribution in [1.82, 2.24) is 10.2 Å². The van der Waals surface area contributed by atoms with Crippen molar-refractivity contribution in [1.29, 1.82) is 0 Å². The predicted octanol–water partition coefficient (Wildman–Crippen LogP) is 6.07. The van der Waals surface area contributed by atoms with Crippen LogP contribution in [0.5, 0.6) is 0 Å². The molecule has 6 heteroatoms. The Kier molecular flexibility index (Phi) is 9.78. The Bertz CT molecular complexity index is 1180. The van der Waals surface area contributed by atoms with E-state index in [1.54, 1.807) is 23.1 Å². The van der Waals surface area contributed by atoms with Gasteiger partial charge in [-0.15, -0.1) is 11.8 Å². The highest BCUT2D eigenvalue weighted by molar-refractivity contribution is 7.99. The summed E-state index contributed by atoms with van der Waals surface area (Å²) >= 11 is 1.38. The summed E-state index contributed by atoms with van der Waals surface area (Å²) in [5, 5.41) is 3.23. The van der Waals surface area contributed by atoms with Crippen LogP contribution in [0.3, 0.4) is 0 Å². The van der Waals surface area contributed by atoms with E-state index in [9.17, 15) is 14.0 Å². The van der Waals surface area contributed by atoms with E-state index >= 15 is 0 Å². The summed E-state index contributed by atoms with van der Waals surface area (Å²) in [6.45, 7) is 2.37. The summed E-state index contributed by atoms with van der Waals surface area (Å²) in [4.78, 5) is 29.1. The summed E-state index contributed by atoms with van der Waals surface area (Å²) in [5.74, 6) is 0.0781. The van der Waals surface area contributed by atoms with Gasteiger partial charge in [-0.25, -0.2) is 4.39 Å². The van der Waals surface area contributed by atoms with E-state index in [-0.39, 0.29) is 29.4 Å². The van der Waals surface area contributed by atoms with Gasteiger partial charge in [0.2, 0.25) is 11.8 Å². The fourth-order valence-corrected chi connectivity index (χ4v) is 5.77. The zero-order valence-electron chi connectivity index (χ0n) is 21.4. The average molecular weight is 519 g/mol. The fourth-order valence-electron chi connectivity index (χ4n) is 4.88. The molecule has 0 aromatic heterocycles. The number of hydrogen-bond donors (Lipinski definition) is 1. The minimum Gasteiger partial charge on any atom is -0.352 e. The van der Waals surface area contributed by atoms with Crippen LogP contribution in [0.4, 0.5) is 4.39 Å². The molecule has 1 atom stereocenters. The van der Waals surface area contributed by atoms with E-state index in [2.05, 4.69) is 11.4 Å². The largest absolute Gasteiger partial charge is 0.352 e. The molecule has 0 spiro atoms. The normalized spacial score (nSPS) is 14.3. The lowest BCUT2D eigenvalue weighted by atomic mass is 10.0. The summed E-state index contributed by atoms with van der Waals surface area (Å²) < 4.78 is 14.1. The van der Waals surface area contributed by atoms with Crippen molar-refractivity contribution in [2.75, 3.05) is 5.75 Å². The maximum atomic E-state index is 14.1. The number of hydrogen-bond acceptors (Lipinski definition) is 3. The SMILES string of the molecule is Cc1cccc(CN(C(=O)CSCc2ccccc2F)[C@@H](Cc2ccccc2)C(=O)NC2CCCC2)c1. The van der Waals surface area contributed by atoms with Crippen molar-refractivity contribution >= 4 is 23.6 Å². The number of halogens is 1. The van der Waals surface area contributed by atoms with Gasteiger partial charge >= 0.3 is 0 Å². The molecule has 3 aromatic rings. The van der Waals surface area contributed by atoms with Gasteiger partial charge in [0.1, 0.15) is 11.9 Å². The molecule has 1 aliphatic rings. The van der Waals surface area contributed by atoms with Gasteiger partial charge in [0.05, 0.1) is 5.75 Å². The van der Waals surface area contributed by atoms with Crippen molar-refractivity contribution < 1.29 is 14.0 Å². The quantitative estimate of drug-likeness (QED) is 0.335. The van der Waals surface area contributed by atoms with E-state index in [0.717, 1.165) is 42.4 Å². The highest BCUT2D eigenvalue weighted by Gasteiger charge is 2.32. The molecule has 0 unspecified atom stereocenters. The molecule has 0 radical (unpaired) electrons. The zero-order chi connectivity index (χ0) is 26.0. The third kappa shape index (κ3) is 7.93. The zero-order valence-corrected chi connectivity index (χ0v) is 22.2. The van der Waals surface area contributed by atoms with Crippen LogP contribution in [0.1, 0.15) is 47.9 Å². The number of carbonyl (C=O) groups excluding carboxylic acids is 2. The molecule has 4 nitrogen and oxygen atoms in total. The average Bonchev–Trinajstić information content (AvgIpc) is 3.41. The Morgan fingerprint density at radius 2 is 1.68 bits per heavy atom. The van der Waals surface area contributed by atoms with Crippen molar-refractivity contribution in [3.05, 3.63) is 107 Å². The number of carbonyl (C=O) groups is 2. The third-order valence-corrected chi connectivity index (χ3v) is 7.82. The lowest BCUT2D eigenvalue weighted by molar-refractivity contribution is -0.139. The molecule has 1 saturated carbocycles. The Morgan fingerprint density at radius 3 is 2.41 bits per heavy atom. The first-order valence-electron chi connectivity index (χ1n) is 13.0. The summed E-state index contributed by atoms with van der Waals surface area (Å²) in [5.41, 5.74) is 3.67. The molecule has 194 valence electrons. The number of rotatable bonds is 11. The molecule has 0 saturated heterocycles. The van der Waals surface area contributed by atoms with Gasteiger partial charge in [-0.2, -0.15) is 0 Å². The molecular weight excluding hydrogens is 483 g/mol. The molecule has 4 rings (SSSR count). The molecule has 1 fully saturated rings. The third-order valence-electron chi connectivity index (χ3n) is 6.85. The number of aryl methyl sites for hydroxylation is 1. The molecule has 2 amide bonds. The van der Waals surface area contributed by atoms with Gasteiger partial charge < -0.3 is 10.2 Å². The van der Waals surface area contributed by atoms with Gasteiger partial charge in [-0.1, -0.05) is 91.2 Å². The molecule has 1 aliphatic carbocycles. The van der Waals surface area contributed by atoms with Crippen LogP contribution in [-0.2, 0) is 28.3 Å². The first-order chi connectivity index (χ1) is 18.0. The van der Waals surface area contributed by atoms with Crippen molar-refractivity contribution in [3.63, 3.8) is 0 Å². The fraction of sp³-hybridized carbons (Fsp3) is 0.355. The van der Waals surface area contributed by atoms with Gasteiger partial charge in [0.15, 0.2) is 0 Å². The minimum absolute atomic E-state index is 0.101. The van der Waals surface area contributed by atoms with E-state index in [4.69, 9.17) is 0 Å². The number of benzene rings is 3. The van der Waals surface area contributed by atoms with Crippen molar-refractivity contribution in [2.24, 2.45) is 0 Å². The second-order valence-electron chi connectivity index (χ2n) is 9.79. The predicted molar refractivity (Wildman–Crippen MR) is 149 cm³/mol. The van der Waals surface area contributed by atoms with Crippen LogP contribution >= 0.6 is 11.8 Å². The maximum Gasteiger partial charge on any atom is 0.243 e. The standard InChI is InChI=1S/C31H35FN2O2S/c1-23-10-9-13-25(18-23)20-34(30(35)22-37-21-26-14-5-8-17-28(26)32)29(19-24-11-3-2-4-12-24)31(36)33-27-15-6-7-16-27/h2-5,8-14,17-18,27,29H,6-7,15-16,19-22H2,1H3,(H,33,36)/t29-/m0/s1. The second kappa shape index (κ2) is 13.4. The van der Waals surface area contributed by atoms with E-state index in [0.29, 0.717) is 24.3 Å².